The molecule has 0 radical (unpaired) electrons. The highest BCUT2D eigenvalue weighted by Gasteiger charge is 2.26. The van der Waals surface area contributed by atoms with Crippen LogP contribution in [0.2, 0.25) is 5.02 Å². The van der Waals surface area contributed by atoms with Gasteiger partial charge in [-0.2, -0.15) is 5.10 Å². The fourth-order valence-electron chi connectivity index (χ4n) is 2.48. The van der Waals surface area contributed by atoms with Crippen molar-refractivity contribution in [2.45, 2.75) is 32.2 Å². The molecule has 0 fully saturated rings. The topological polar surface area (TPSA) is 98.9 Å². The Labute approximate surface area is 157 Å². The van der Waals surface area contributed by atoms with E-state index in [1.165, 1.54) is 0 Å². The van der Waals surface area contributed by atoms with Gasteiger partial charge >= 0.3 is 0 Å². The first-order valence-electron chi connectivity index (χ1n) is 8.30. The first-order valence-corrected chi connectivity index (χ1v) is 8.68. The van der Waals surface area contributed by atoms with E-state index in [0.29, 0.717) is 10.8 Å². The number of aromatic amines is 1. The maximum Gasteiger partial charge on any atom is 0.247 e. The molecule has 1 aromatic heterocycles. The van der Waals surface area contributed by atoms with E-state index in [4.69, 9.17) is 11.6 Å². The third-order valence-corrected chi connectivity index (χ3v) is 4.43. The highest BCUT2D eigenvalue weighted by molar-refractivity contribution is 6.30. The van der Waals surface area contributed by atoms with E-state index in [-0.39, 0.29) is 23.8 Å². The van der Waals surface area contributed by atoms with Crippen LogP contribution in [0.15, 0.2) is 30.3 Å². The van der Waals surface area contributed by atoms with E-state index in [1.54, 1.807) is 20.0 Å². The number of H-pyrrole nitrogens is 1. The van der Waals surface area contributed by atoms with Gasteiger partial charge in [0, 0.05) is 22.2 Å². The molecule has 0 aliphatic carbocycles. The molecule has 0 aliphatic rings. The molecular formula is C18H24ClN5O2. The number of carbonyl (C=O) groups excluding carboxylic acids is 2. The van der Waals surface area contributed by atoms with Crippen LogP contribution < -0.4 is 16.0 Å². The number of hydrogen-bond donors (Lipinski definition) is 4. The van der Waals surface area contributed by atoms with E-state index in [9.17, 15) is 9.59 Å². The Kier molecular flexibility index (Phi) is 6.39. The first-order chi connectivity index (χ1) is 12.2. The van der Waals surface area contributed by atoms with Gasteiger partial charge in [0.15, 0.2) is 5.82 Å². The van der Waals surface area contributed by atoms with Crippen molar-refractivity contribution in [2.24, 2.45) is 0 Å². The molecule has 4 N–H and O–H groups in total. The van der Waals surface area contributed by atoms with E-state index in [0.717, 1.165) is 11.3 Å². The van der Waals surface area contributed by atoms with Crippen molar-refractivity contribution in [3.05, 3.63) is 46.6 Å². The average Bonchev–Trinajstić information content (AvgIpc) is 3.04. The van der Waals surface area contributed by atoms with Crippen molar-refractivity contribution in [2.75, 3.05) is 18.9 Å². The van der Waals surface area contributed by atoms with Gasteiger partial charge in [-0.25, -0.2) is 0 Å². The largest absolute Gasteiger partial charge is 0.343 e. The van der Waals surface area contributed by atoms with Crippen molar-refractivity contribution in [1.29, 1.82) is 0 Å². The number of nitrogens with one attached hydrogen (secondary N) is 4. The molecule has 26 heavy (non-hydrogen) atoms. The van der Waals surface area contributed by atoms with Crippen LogP contribution in [0.4, 0.5) is 5.82 Å². The van der Waals surface area contributed by atoms with Gasteiger partial charge < -0.3 is 16.0 Å². The number of halogens is 1. The Hall–Kier alpha value is -2.38. The van der Waals surface area contributed by atoms with Crippen molar-refractivity contribution in [1.82, 2.24) is 20.8 Å². The molecule has 2 amide bonds. The Morgan fingerprint density at radius 1 is 1.27 bits per heavy atom. The third-order valence-electron chi connectivity index (χ3n) is 4.18. The number of amides is 2. The van der Waals surface area contributed by atoms with Gasteiger partial charge in [-0.1, -0.05) is 37.6 Å². The number of benzene rings is 1. The zero-order valence-corrected chi connectivity index (χ0v) is 16.1. The molecule has 0 spiro atoms. The Balaban J connectivity index is 2.05. The number of anilines is 1. The summed E-state index contributed by atoms with van der Waals surface area (Å²) in [5, 5.41) is 15.8. The van der Waals surface area contributed by atoms with Crippen molar-refractivity contribution in [3.63, 3.8) is 0 Å². The van der Waals surface area contributed by atoms with Gasteiger partial charge in [-0.05, 0) is 31.7 Å². The predicted octanol–water partition coefficient (Wildman–Crippen LogP) is 2.05. The average molecular weight is 378 g/mol. The van der Waals surface area contributed by atoms with Crippen LogP contribution in [0.25, 0.3) is 0 Å². The zero-order valence-electron chi connectivity index (χ0n) is 15.3. The summed E-state index contributed by atoms with van der Waals surface area (Å²) in [6, 6.07) is 8.72. The molecule has 140 valence electrons. The molecule has 7 nitrogen and oxygen atoms in total. The van der Waals surface area contributed by atoms with E-state index < -0.39 is 6.04 Å². The van der Waals surface area contributed by atoms with Gasteiger partial charge in [0.25, 0.3) is 0 Å². The highest BCUT2D eigenvalue weighted by atomic mass is 35.5. The van der Waals surface area contributed by atoms with Gasteiger partial charge in [0.1, 0.15) is 6.04 Å². The number of carbonyl (C=O) groups is 2. The molecule has 0 saturated carbocycles. The zero-order chi connectivity index (χ0) is 19.3. The lowest BCUT2D eigenvalue weighted by molar-refractivity contribution is -0.125. The van der Waals surface area contributed by atoms with Crippen LogP contribution in [0.5, 0.6) is 0 Å². The summed E-state index contributed by atoms with van der Waals surface area (Å²) in [7, 11) is 1.66. The molecule has 1 unspecified atom stereocenters. The van der Waals surface area contributed by atoms with Crippen LogP contribution in [-0.4, -0.2) is 41.6 Å². The minimum absolute atomic E-state index is 0.152. The predicted molar refractivity (Wildman–Crippen MR) is 102 cm³/mol. The summed E-state index contributed by atoms with van der Waals surface area (Å²) in [6.07, 6.45) is 0. The lowest BCUT2D eigenvalue weighted by Gasteiger charge is -2.23. The fraction of sp³-hybridized carbons (Fsp3) is 0.389. The SMILES string of the molecule is CNCC(=O)NC(C)C(=O)Nc1cc(C(C)(C)c2ccc(Cl)cc2)[nH]n1. The Bertz CT molecular complexity index is 770. The smallest absolute Gasteiger partial charge is 0.247 e. The van der Waals surface area contributed by atoms with Crippen LogP contribution >= 0.6 is 11.6 Å². The number of nitrogens with zero attached hydrogens (tertiary/aromatic N) is 1. The maximum absolute atomic E-state index is 12.2. The molecule has 2 rings (SSSR count). The second-order valence-electron chi connectivity index (χ2n) is 6.61. The van der Waals surface area contributed by atoms with Gasteiger partial charge in [-0.3, -0.25) is 14.7 Å². The molecule has 1 atom stereocenters. The number of aromatic nitrogens is 2. The molecule has 1 heterocycles. The van der Waals surface area contributed by atoms with Crippen molar-refractivity contribution < 1.29 is 9.59 Å². The first kappa shape index (κ1) is 19.9. The van der Waals surface area contributed by atoms with Crippen LogP contribution in [0.1, 0.15) is 32.0 Å². The number of rotatable bonds is 7. The van der Waals surface area contributed by atoms with Crippen LogP contribution in [0, 0.1) is 0 Å². The normalized spacial score (nSPS) is 12.5. The molecule has 2 aromatic rings. The second-order valence-corrected chi connectivity index (χ2v) is 7.04. The summed E-state index contributed by atoms with van der Waals surface area (Å²) in [6.45, 7) is 5.87. The molecule has 8 heteroatoms. The van der Waals surface area contributed by atoms with E-state index in [1.807, 2.05) is 24.3 Å². The molecule has 1 aromatic carbocycles. The van der Waals surface area contributed by atoms with Crippen molar-refractivity contribution >= 4 is 29.2 Å². The molecular weight excluding hydrogens is 354 g/mol. The minimum Gasteiger partial charge on any atom is -0.343 e. The lowest BCUT2D eigenvalue weighted by Crippen LogP contribution is -2.44. The van der Waals surface area contributed by atoms with Gasteiger partial charge in [0.2, 0.25) is 11.8 Å². The standard InChI is InChI=1S/C18H24ClN5O2/c1-11(21-16(25)10-20-4)17(26)22-15-9-14(23-24-15)18(2,3)12-5-7-13(19)8-6-12/h5-9,11,20H,10H2,1-4H3,(H,21,25)(H2,22,23,24,26). The summed E-state index contributed by atoms with van der Waals surface area (Å²) < 4.78 is 0. The van der Waals surface area contributed by atoms with Crippen LogP contribution in [0.3, 0.4) is 0 Å². The van der Waals surface area contributed by atoms with E-state index >= 15 is 0 Å². The van der Waals surface area contributed by atoms with E-state index in [2.05, 4.69) is 40.0 Å². The highest BCUT2D eigenvalue weighted by Crippen LogP contribution is 2.31. The minimum atomic E-state index is -0.666. The van der Waals surface area contributed by atoms with Crippen molar-refractivity contribution in [3.8, 4) is 0 Å². The lowest BCUT2D eigenvalue weighted by atomic mass is 9.81. The quantitative estimate of drug-likeness (QED) is 0.593. The third kappa shape index (κ3) is 4.83. The number of hydrogen-bond acceptors (Lipinski definition) is 4. The molecule has 0 bridgehead atoms. The number of likely N-dealkylation sites (N-methyl/N-ethyl adjacent to an activating group) is 1. The van der Waals surface area contributed by atoms with Gasteiger partial charge in [-0.15, -0.1) is 0 Å². The molecule has 0 aliphatic heterocycles. The summed E-state index contributed by atoms with van der Waals surface area (Å²) in [4.78, 5) is 23.7. The Morgan fingerprint density at radius 3 is 2.54 bits per heavy atom. The molecule has 0 saturated heterocycles. The fourth-order valence-corrected chi connectivity index (χ4v) is 2.61. The summed E-state index contributed by atoms with van der Waals surface area (Å²) in [5.74, 6) is -0.180. The van der Waals surface area contributed by atoms with Gasteiger partial charge in [0.05, 0.1) is 6.54 Å². The summed E-state index contributed by atoms with van der Waals surface area (Å²) in [5.41, 5.74) is 1.57. The maximum atomic E-state index is 12.2. The Morgan fingerprint density at radius 2 is 1.92 bits per heavy atom. The second kappa shape index (κ2) is 8.33. The monoisotopic (exact) mass is 377 g/mol. The van der Waals surface area contributed by atoms with Crippen LogP contribution in [-0.2, 0) is 15.0 Å². The summed E-state index contributed by atoms with van der Waals surface area (Å²) >= 11 is 5.95.